The van der Waals surface area contributed by atoms with E-state index in [1.807, 2.05) is 49.4 Å². The first-order valence-corrected chi connectivity index (χ1v) is 7.13. The molecule has 0 bridgehead atoms. The Bertz CT molecular complexity index is 650. The van der Waals surface area contributed by atoms with Gasteiger partial charge in [0.05, 0.1) is 0 Å². The lowest BCUT2D eigenvalue weighted by atomic mass is 10.1. The highest BCUT2D eigenvalue weighted by Crippen LogP contribution is 2.14. The molecular formula is C18H19NO3. The monoisotopic (exact) mass is 297 g/mol. The summed E-state index contributed by atoms with van der Waals surface area (Å²) in [5.41, 5.74) is 2.45. The Morgan fingerprint density at radius 1 is 1.05 bits per heavy atom. The maximum Gasteiger partial charge on any atom is 0.326 e. The summed E-state index contributed by atoms with van der Waals surface area (Å²) in [7, 11) is 0. The number of hydrogen-bond donors (Lipinski definition) is 1. The summed E-state index contributed by atoms with van der Waals surface area (Å²) in [5.74, 6) is -1.30. The fraction of sp³-hybridized carbons (Fsp3) is 0.222. The maximum absolute atomic E-state index is 12.7. The molecule has 0 spiro atoms. The highest BCUT2D eigenvalue weighted by Gasteiger charge is 2.26. The molecule has 2 aromatic rings. The van der Waals surface area contributed by atoms with E-state index in [1.54, 1.807) is 12.1 Å². The molecule has 0 fully saturated rings. The molecule has 4 heteroatoms. The standard InChI is InChI=1S/C18H19NO3/c1-13-8-10-16(11-9-13)17(20)19(14(2)18(21)22)12-15-6-4-3-5-7-15/h3-11,14H,12H2,1-2H3,(H,21,22). The van der Waals surface area contributed by atoms with E-state index in [4.69, 9.17) is 0 Å². The zero-order chi connectivity index (χ0) is 16.1. The van der Waals surface area contributed by atoms with Crippen LogP contribution < -0.4 is 0 Å². The average Bonchev–Trinajstić information content (AvgIpc) is 2.53. The molecule has 4 nitrogen and oxygen atoms in total. The lowest BCUT2D eigenvalue weighted by molar-refractivity contribution is -0.141. The summed E-state index contributed by atoms with van der Waals surface area (Å²) in [4.78, 5) is 25.4. The second kappa shape index (κ2) is 6.89. The van der Waals surface area contributed by atoms with Crippen LogP contribution in [-0.4, -0.2) is 27.9 Å². The van der Waals surface area contributed by atoms with Gasteiger partial charge in [0.15, 0.2) is 0 Å². The van der Waals surface area contributed by atoms with Gasteiger partial charge in [-0.25, -0.2) is 4.79 Å². The van der Waals surface area contributed by atoms with Crippen molar-refractivity contribution in [3.63, 3.8) is 0 Å². The third-order valence-corrected chi connectivity index (χ3v) is 3.58. The van der Waals surface area contributed by atoms with Crippen molar-refractivity contribution in [2.45, 2.75) is 26.4 Å². The van der Waals surface area contributed by atoms with Crippen LogP contribution in [0.4, 0.5) is 0 Å². The van der Waals surface area contributed by atoms with Crippen molar-refractivity contribution in [1.82, 2.24) is 4.90 Å². The number of benzene rings is 2. The Morgan fingerprint density at radius 2 is 1.64 bits per heavy atom. The third-order valence-electron chi connectivity index (χ3n) is 3.58. The normalized spacial score (nSPS) is 11.7. The summed E-state index contributed by atoms with van der Waals surface area (Å²) < 4.78 is 0. The predicted molar refractivity (Wildman–Crippen MR) is 84.6 cm³/mol. The van der Waals surface area contributed by atoms with E-state index in [9.17, 15) is 14.7 Å². The van der Waals surface area contributed by atoms with Crippen molar-refractivity contribution in [3.05, 3.63) is 71.3 Å². The minimum Gasteiger partial charge on any atom is -0.480 e. The van der Waals surface area contributed by atoms with Gasteiger partial charge in [-0.1, -0.05) is 48.0 Å². The summed E-state index contributed by atoms with van der Waals surface area (Å²) >= 11 is 0. The molecule has 0 saturated heterocycles. The first kappa shape index (κ1) is 15.8. The highest BCUT2D eigenvalue weighted by molar-refractivity contribution is 5.96. The molecule has 2 rings (SSSR count). The van der Waals surface area contributed by atoms with E-state index in [0.29, 0.717) is 5.56 Å². The van der Waals surface area contributed by atoms with Gasteiger partial charge in [-0.2, -0.15) is 0 Å². The van der Waals surface area contributed by atoms with Crippen LogP contribution in [0.5, 0.6) is 0 Å². The van der Waals surface area contributed by atoms with E-state index < -0.39 is 12.0 Å². The van der Waals surface area contributed by atoms with Crippen molar-refractivity contribution in [2.24, 2.45) is 0 Å². The van der Waals surface area contributed by atoms with Crippen LogP contribution in [0.2, 0.25) is 0 Å². The van der Waals surface area contributed by atoms with Gasteiger partial charge in [0.25, 0.3) is 5.91 Å². The zero-order valence-corrected chi connectivity index (χ0v) is 12.7. The second-order valence-electron chi connectivity index (χ2n) is 5.30. The molecule has 1 amide bonds. The number of aliphatic carboxylic acids is 1. The number of aryl methyl sites for hydroxylation is 1. The predicted octanol–water partition coefficient (Wildman–Crippen LogP) is 3.11. The molecule has 0 radical (unpaired) electrons. The minimum atomic E-state index is -1.02. The Morgan fingerprint density at radius 3 is 2.18 bits per heavy atom. The summed E-state index contributed by atoms with van der Waals surface area (Å²) in [6.45, 7) is 3.73. The van der Waals surface area contributed by atoms with Crippen molar-refractivity contribution in [3.8, 4) is 0 Å². The van der Waals surface area contributed by atoms with Crippen molar-refractivity contribution in [2.75, 3.05) is 0 Å². The van der Waals surface area contributed by atoms with Gasteiger partial charge < -0.3 is 10.0 Å². The van der Waals surface area contributed by atoms with E-state index in [2.05, 4.69) is 0 Å². The summed E-state index contributed by atoms with van der Waals surface area (Å²) in [5, 5.41) is 9.28. The second-order valence-corrected chi connectivity index (χ2v) is 5.30. The number of hydrogen-bond acceptors (Lipinski definition) is 2. The summed E-state index contributed by atoms with van der Waals surface area (Å²) in [6, 6.07) is 15.6. The molecule has 0 aliphatic carbocycles. The van der Waals surface area contributed by atoms with Crippen molar-refractivity contribution in [1.29, 1.82) is 0 Å². The largest absolute Gasteiger partial charge is 0.480 e. The minimum absolute atomic E-state index is 0.265. The molecular weight excluding hydrogens is 278 g/mol. The Balaban J connectivity index is 2.29. The average molecular weight is 297 g/mol. The van der Waals surface area contributed by atoms with Crippen LogP contribution in [0.15, 0.2) is 54.6 Å². The fourth-order valence-corrected chi connectivity index (χ4v) is 2.16. The molecule has 2 aromatic carbocycles. The van der Waals surface area contributed by atoms with Crippen molar-refractivity contribution >= 4 is 11.9 Å². The smallest absolute Gasteiger partial charge is 0.326 e. The van der Waals surface area contributed by atoms with E-state index >= 15 is 0 Å². The van der Waals surface area contributed by atoms with Crippen LogP contribution in [-0.2, 0) is 11.3 Å². The molecule has 0 saturated carbocycles. The third kappa shape index (κ3) is 3.73. The molecule has 114 valence electrons. The van der Waals surface area contributed by atoms with Gasteiger partial charge in [-0.3, -0.25) is 4.79 Å². The molecule has 0 aliphatic heterocycles. The zero-order valence-electron chi connectivity index (χ0n) is 12.7. The fourth-order valence-electron chi connectivity index (χ4n) is 2.16. The molecule has 0 aliphatic rings. The van der Waals surface area contributed by atoms with E-state index in [0.717, 1.165) is 11.1 Å². The van der Waals surface area contributed by atoms with Gasteiger partial charge in [0, 0.05) is 12.1 Å². The summed E-state index contributed by atoms with van der Waals surface area (Å²) in [6.07, 6.45) is 0. The van der Waals surface area contributed by atoms with Crippen LogP contribution in [0.25, 0.3) is 0 Å². The van der Waals surface area contributed by atoms with Crippen LogP contribution >= 0.6 is 0 Å². The van der Waals surface area contributed by atoms with Crippen LogP contribution in [0, 0.1) is 6.92 Å². The number of carbonyl (C=O) groups is 2. The Kier molecular flexibility index (Phi) is 4.94. The highest BCUT2D eigenvalue weighted by atomic mass is 16.4. The van der Waals surface area contributed by atoms with E-state index in [1.165, 1.54) is 11.8 Å². The molecule has 1 unspecified atom stereocenters. The number of carbonyl (C=O) groups excluding carboxylic acids is 1. The SMILES string of the molecule is Cc1ccc(C(=O)N(Cc2ccccc2)C(C)C(=O)O)cc1. The molecule has 1 N–H and O–H groups in total. The number of nitrogens with zero attached hydrogens (tertiary/aromatic N) is 1. The van der Waals surface area contributed by atoms with Gasteiger partial charge in [0.1, 0.15) is 6.04 Å². The number of carboxylic acid groups (broad SMARTS) is 1. The number of amides is 1. The lowest BCUT2D eigenvalue weighted by Gasteiger charge is -2.27. The van der Waals surface area contributed by atoms with Gasteiger partial charge >= 0.3 is 5.97 Å². The first-order chi connectivity index (χ1) is 10.5. The van der Waals surface area contributed by atoms with Gasteiger partial charge in [-0.05, 0) is 31.5 Å². The Hall–Kier alpha value is -2.62. The quantitative estimate of drug-likeness (QED) is 0.922. The molecule has 0 aromatic heterocycles. The Labute approximate surface area is 130 Å². The van der Waals surface area contributed by atoms with Gasteiger partial charge in [-0.15, -0.1) is 0 Å². The molecule has 0 heterocycles. The molecule has 1 atom stereocenters. The number of carboxylic acids is 1. The van der Waals surface area contributed by atoms with Gasteiger partial charge in [0.2, 0.25) is 0 Å². The van der Waals surface area contributed by atoms with Crippen molar-refractivity contribution < 1.29 is 14.7 Å². The molecule has 22 heavy (non-hydrogen) atoms. The van der Waals surface area contributed by atoms with Crippen LogP contribution in [0.3, 0.4) is 0 Å². The lowest BCUT2D eigenvalue weighted by Crippen LogP contribution is -2.42. The van der Waals surface area contributed by atoms with Crippen LogP contribution in [0.1, 0.15) is 28.4 Å². The first-order valence-electron chi connectivity index (χ1n) is 7.13. The topological polar surface area (TPSA) is 57.6 Å². The van der Waals surface area contributed by atoms with E-state index in [-0.39, 0.29) is 12.5 Å². The number of rotatable bonds is 5. The maximum atomic E-state index is 12.7.